The highest BCUT2D eigenvalue weighted by atomic mass is 35.5. The molecule has 1 aromatic carbocycles. The third-order valence-electron chi connectivity index (χ3n) is 5.16. The molecule has 0 spiro atoms. The molecule has 32 heavy (non-hydrogen) atoms. The summed E-state index contributed by atoms with van der Waals surface area (Å²) in [5.74, 6) is 0.511. The summed E-state index contributed by atoms with van der Waals surface area (Å²) in [5, 5.41) is 12.5. The van der Waals surface area contributed by atoms with Gasteiger partial charge in [0.2, 0.25) is 5.88 Å². The van der Waals surface area contributed by atoms with Crippen LogP contribution in [0.3, 0.4) is 0 Å². The highest BCUT2D eigenvalue weighted by Crippen LogP contribution is 2.30. The molecule has 3 aromatic rings. The van der Waals surface area contributed by atoms with Crippen molar-refractivity contribution in [2.24, 2.45) is 0 Å². The predicted octanol–water partition coefficient (Wildman–Crippen LogP) is 4.96. The molecule has 162 valence electrons. The lowest BCUT2D eigenvalue weighted by Gasteiger charge is -2.17. The highest BCUT2D eigenvalue weighted by Gasteiger charge is 2.18. The van der Waals surface area contributed by atoms with Gasteiger partial charge in [0.05, 0.1) is 23.4 Å². The van der Waals surface area contributed by atoms with Gasteiger partial charge in [0.25, 0.3) is 5.56 Å². The van der Waals surface area contributed by atoms with Crippen molar-refractivity contribution in [3.63, 3.8) is 0 Å². The van der Waals surface area contributed by atoms with Crippen molar-refractivity contribution in [3.05, 3.63) is 87.5 Å². The maximum atomic E-state index is 13.8. The van der Waals surface area contributed by atoms with Gasteiger partial charge >= 0.3 is 0 Å². The Morgan fingerprint density at radius 1 is 1.25 bits per heavy atom. The molecule has 4 rings (SSSR count). The molecule has 0 saturated carbocycles. The van der Waals surface area contributed by atoms with E-state index in [-0.39, 0.29) is 5.56 Å². The van der Waals surface area contributed by atoms with Crippen LogP contribution in [0.5, 0.6) is 5.88 Å². The Labute approximate surface area is 191 Å². The number of hydrogen-bond donors (Lipinski definition) is 2. The molecule has 1 aliphatic carbocycles. The van der Waals surface area contributed by atoms with Crippen molar-refractivity contribution < 1.29 is 4.74 Å². The molecule has 2 N–H and O–H groups in total. The van der Waals surface area contributed by atoms with Gasteiger partial charge in [-0.1, -0.05) is 23.7 Å². The Balaban J connectivity index is 2.04. The zero-order valence-electron chi connectivity index (χ0n) is 18.1. The Hall–Kier alpha value is -3.64. The van der Waals surface area contributed by atoms with Gasteiger partial charge in [-0.15, -0.1) is 0 Å². The van der Waals surface area contributed by atoms with Crippen LogP contribution in [0.25, 0.3) is 27.7 Å². The monoisotopic (exact) mass is 446 g/mol. The van der Waals surface area contributed by atoms with Crippen molar-refractivity contribution in [1.29, 1.82) is 5.41 Å². The number of allylic oxidation sites excluding steroid dienone is 5. The zero-order valence-corrected chi connectivity index (χ0v) is 18.8. The quantitative estimate of drug-likeness (QED) is 0.580. The molecule has 2 aromatic heterocycles. The summed E-state index contributed by atoms with van der Waals surface area (Å²) >= 11 is 6.09. The number of nitrogens with zero attached hydrogens (tertiary/aromatic N) is 2. The number of fused-ring (bicyclic) bond motifs is 1. The van der Waals surface area contributed by atoms with Crippen LogP contribution in [0.2, 0.25) is 5.02 Å². The maximum absolute atomic E-state index is 13.8. The molecule has 0 radical (unpaired) electrons. The normalized spacial score (nSPS) is 14.7. The topological polar surface area (TPSA) is 80.0 Å². The average Bonchev–Trinajstić information content (AvgIpc) is 2.77. The van der Waals surface area contributed by atoms with Gasteiger partial charge in [0.1, 0.15) is 0 Å². The number of aromatic nitrogens is 2. The number of halogens is 1. The van der Waals surface area contributed by atoms with E-state index < -0.39 is 0 Å². The van der Waals surface area contributed by atoms with Crippen LogP contribution in [0.15, 0.2) is 71.3 Å². The molecular weight excluding hydrogens is 424 g/mol. The molecule has 1 aliphatic rings. The Kier molecular flexibility index (Phi) is 5.97. The summed E-state index contributed by atoms with van der Waals surface area (Å²) in [4.78, 5) is 18.5. The van der Waals surface area contributed by atoms with Gasteiger partial charge in [-0.25, -0.2) is 4.98 Å². The van der Waals surface area contributed by atoms with Gasteiger partial charge in [0, 0.05) is 46.7 Å². The van der Waals surface area contributed by atoms with Crippen LogP contribution in [0.1, 0.15) is 12.5 Å². The minimum Gasteiger partial charge on any atom is -0.478 e. The molecule has 0 saturated heterocycles. The lowest BCUT2D eigenvalue weighted by molar-refractivity contribution is 0.325. The molecule has 0 bridgehead atoms. The summed E-state index contributed by atoms with van der Waals surface area (Å²) in [7, 11) is 1.78. The van der Waals surface area contributed by atoms with E-state index in [1.54, 1.807) is 48.3 Å². The van der Waals surface area contributed by atoms with Crippen molar-refractivity contribution >= 4 is 33.9 Å². The fourth-order valence-corrected chi connectivity index (χ4v) is 3.79. The molecule has 0 aliphatic heterocycles. The number of aryl methyl sites for hydroxylation is 1. The number of benzene rings is 1. The van der Waals surface area contributed by atoms with Gasteiger partial charge in [-0.05, 0) is 55.8 Å². The third-order valence-corrected chi connectivity index (χ3v) is 5.41. The van der Waals surface area contributed by atoms with E-state index in [0.29, 0.717) is 45.6 Å². The van der Waals surface area contributed by atoms with Gasteiger partial charge in [-0.3, -0.25) is 9.36 Å². The van der Waals surface area contributed by atoms with E-state index >= 15 is 0 Å². The lowest BCUT2D eigenvalue weighted by Crippen LogP contribution is -2.22. The van der Waals surface area contributed by atoms with Gasteiger partial charge in [0.15, 0.2) is 0 Å². The summed E-state index contributed by atoms with van der Waals surface area (Å²) in [6, 6.07) is 9.12. The standard InChI is InChI=1S/C25H23ClN4O2/c1-4-32-24-15(2)11-18-14-30(20-9-10-21(27)17(12-20)13-28-3)25(31)22(23(18)29-24)16-5-7-19(26)8-6-16/h5-14,27-28H,4H2,1-3H3/b17-13-,27-21?. The smallest absolute Gasteiger partial charge is 0.265 e. The minimum absolute atomic E-state index is 0.216. The van der Waals surface area contributed by atoms with Crippen LogP contribution < -0.4 is 15.6 Å². The van der Waals surface area contributed by atoms with Crippen LogP contribution in [0.4, 0.5) is 0 Å². The van der Waals surface area contributed by atoms with Crippen LogP contribution >= 0.6 is 11.6 Å². The molecule has 6 nitrogen and oxygen atoms in total. The summed E-state index contributed by atoms with van der Waals surface area (Å²) in [6.45, 7) is 4.32. The van der Waals surface area contributed by atoms with Crippen molar-refractivity contribution in [3.8, 4) is 17.0 Å². The van der Waals surface area contributed by atoms with E-state index in [9.17, 15) is 4.79 Å². The molecule has 0 atom stereocenters. The van der Waals surface area contributed by atoms with E-state index in [2.05, 4.69) is 5.32 Å². The molecular formula is C25H23ClN4O2. The van der Waals surface area contributed by atoms with E-state index in [1.807, 2.05) is 38.1 Å². The first-order valence-electron chi connectivity index (χ1n) is 10.2. The van der Waals surface area contributed by atoms with Crippen molar-refractivity contribution in [2.75, 3.05) is 13.7 Å². The summed E-state index contributed by atoms with van der Waals surface area (Å²) < 4.78 is 7.29. The molecule has 0 fully saturated rings. The van der Waals surface area contributed by atoms with Crippen molar-refractivity contribution in [1.82, 2.24) is 14.9 Å². The van der Waals surface area contributed by atoms with Gasteiger partial charge < -0.3 is 15.5 Å². The highest BCUT2D eigenvalue weighted by molar-refractivity contribution is 6.30. The van der Waals surface area contributed by atoms with Crippen LogP contribution in [-0.4, -0.2) is 28.9 Å². The number of hydrogen-bond acceptors (Lipinski definition) is 5. The zero-order chi connectivity index (χ0) is 22.8. The molecule has 0 amide bonds. The van der Waals surface area contributed by atoms with Gasteiger partial charge in [-0.2, -0.15) is 0 Å². The minimum atomic E-state index is -0.216. The van der Waals surface area contributed by atoms with Crippen molar-refractivity contribution in [2.45, 2.75) is 13.8 Å². The van der Waals surface area contributed by atoms with E-state index in [0.717, 1.165) is 16.5 Å². The number of rotatable bonds is 5. The predicted molar refractivity (Wildman–Crippen MR) is 131 cm³/mol. The average molecular weight is 447 g/mol. The SMILES string of the molecule is CCOc1nc2c(-c3ccc(Cl)cc3)c(=O)n(C3=C/C(=C/NC)C(=N)C=C3)cc2cc1C. The summed E-state index contributed by atoms with van der Waals surface area (Å²) in [5.41, 5.74) is 4.15. The third kappa shape index (κ3) is 3.97. The number of pyridine rings is 2. The first kappa shape index (κ1) is 21.6. The Bertz CT molecular complexity index is 1370. The van der Waals surface area contributed by atoms with Crippen LogP contribution in [0, 0.1) is 12.3 Å². The summed E-state index contributed by atoms with van der Waals surface area (Å²) in [6.07, 6.45) is 8.78. The lowest BCUT2D eigenvalue weighted by atomic mass is 10.0. The number of ether oxygens (including phenoxy) is 1. The first-order chi connectivity index (χ1) is 15.4. The second kappa shape index (κ2) is 8.85. The maximum Gasteiger partial charge on any atom is 0.265 e. The largest absolute Gasteiger partial charge is 0.478 e. The fraction of sp³-hybridized carbons (Fsp3) is 0.160. The molecule has 7 heteroatoms. The second-order valence-corrected chi connectivity index (χ2v) is 7.81. The Morgan fingerprint density at radius 2 is 2.00 bits per heavy atom. The van der Waals surface area contributed by atoms with E-state index in [1.165, 1.54) is 0 Å². The Morgan fingerprint density at radius 3 is 2.69 bits per heavy atom. The van der Waals surface area contributed by atoms with E-state index in [4.69, 9.17) is 26.7 Å². The second-order valence-electron chi connectivity index (χ2n) is 7.37. The fourth-order valence-electron chi connectivity index (χ4n) is 3.66. The number of nitrogens with one attached hydrogen (secondary N) is 2. The molecule has 2 heterocycles. The van der Waals surface area contributed by atoms with Crippen LogP contribution in [-0.2, 0) is 0 Å². The first-order valence-corrected chi connectivity index (χ1v) is 10.6. The molecule has 0 unspecified atom stereocenters.